The molecule has 0 aromatic heterocycles. The van der Waals surface area contributed by atoms with Crippen molar-refractivity contribution in [1.29, 1.82) is 0 Å². The summed E-state index contributed by atoms with van der Waals surface area (Å²) in [6.07, 6.45) is 4.10. The zero-order chi connectivity index (χ0) is 13.3. The molecule has 5 unspecified atom stereocenters. The minimum Gasteiger partial charge on any atom is -0.207 e. The first-order valence-electron chi connectivity index (χ1n) is 6.86. The van der Waals surface area contributed by atoms with E-state index in [4.69, 9.17) is 23.2 Å². The highest BCUT2D eigenvalue weighted by Crippen LogP contribution is 2.73. The summed E-state index contributed by atoms with van der Waals surface area (Å²) in [7, 11) is 0. The van der Waals surface area contributed by atoms with Crippen molar-refractivity contribution in [3.63, 3.8) is 0 Å². The average molecular weight is 364 g/mol. The Morgan fingerprint density at radius 2 is 1.84 bits per heavy atom. The molecule has 0 spiro atoms. The molecule has 1 aromatic carbocycles. The van der Waals surface area contributed by atoms with Gasteiger partial charge in [-0.2, -0.15) is 0 Å². The molecule has 0 heterocycles. The molecule has 3 aliphatic rings. The molecule has 0 nitrogen and oxygen atoms in total. The summed E-state index contributed by atoms with van der Waals surface area (Å²) in [6.45, 7) is 0. The standard InChI is InChI=1S/C15H14BrCl2F/c16-9-5-11(19)8(4-10(9)17)15(18)14-12-6-1-2-7(3-6)13(12)14/h4-7,12-15H,1-3H2. The van der Waals surface area contributed by atoms with Gasteiger partial charge in [-0.3, -0.25) is 0 Å². The van der Waals surface area contributed by atoms with Crippen LogP contribution in [0.2, 0.25) is 5.02 Å². The van der Waals surface area contributed by atoms with Crippen LogP contribution in [0.1, 0.15) is 30.2 Å². The normalized spacial score (nSPS) is 40.3. The highest BCUT2D eigenvalue weighted by atomic mass is 79.9. The van der Waals surface area contributed by atoms with Gasteiger partial charge in [0.2, 0.25) is 0 Å². The molecule has 0 aliphatic heterocycles. The summed E-state index contributed by atoms with van der Waals surface area (Å²) >= 11 is 15.9. The average Bonchev–Trinajstić information content (AvgIpc) is 2.81. The smallest absolute Gasteiger partial charge is 0.129 e. The lowest BCUT2D eigenvalue weighted by Gasteiger charge is -2.16. The Balaban J connectivity index is 1.62. The number of fused-ring (bicyclic) bond motifs is 5. The Morgan fingerprint density at radius 3 is 2.47 bits per heavy atom. The van der Waals surface area contributed by atoms with Crippen LogP contribution in [0.5, 0.6) is 0 Å². The molecule has 2 bridgehead atoms. The third-order valence-electron chi connectivity index (χ3n) is 5.47. The Kier molecular flexibility index (Phi) is 2.96. The van der Waals surface area contributed by atoms with Gasteiger partial charge in [-0.05, 0) is 76.9 Å². The quantitative estimate of drug-likeness (QED) is 0.459. The predicted molar refractivity (Wildman–Crippen MR) is 79.0 cm³/mol. The van der Waals surface area contributed by atoms with Gasteiger partial charge < -0.3 is 0 Å². The highest BCUT2D eigenvalue weighted by Gasteiger charge is 2.66. The Morgan fingerprint density at radius 1 is 1.21 bits per heavy atom. The molecular weight excluding hydrogens is 350 g/mol. The lowest BCUT2D eigenvalue weighted by Crippen LogP contribution is -2.06. The van der Waals surface area contributed by atoms with Gasteiger partial charge in [-0.15, -0.1) is 11.6 Å². The van der Waals surface area contributed by atoms with Crippen LogP contribution < -0.4 is 0 Å². The molecule has 0 saturated heterocycles. The molecule has 5 atom stereocenters. The van der Waals surface area contributed by atoms with Gasteiger partial charge in [0.15, 0.2) is 0 Å². The number of alkyl halides is 1. The SMILES string of the molecule is Fc1cc(Br)c(Cl)cc1C(Cl)C1C2C3CCC(C3)C21. The zero-order valence-corrected chi connectivity index (χ0v) is 13.3. The Hall–Kier alpha value is 0.210. The van der Waals surface area contributed by atoms with E-state index in [1.807, 2.05) is 0 Å². The Bertz CT molecular complexity index is 531. The van der Waals surface area contributed by atoms with Crippen molar-refractivity contribution < 1.29 is 4.39 Å². The molecule has 0 amide bonds. The minimum absolute atomic E-state index is 0.219. The molecule has 102 valence electrons. The van der Waals surface area contributed by atoms with Crippen LogP contribution >= 0.6 is 39.1 Å². The van der Waals surface area contributed by atoms with E-state index in [9.17, 15) is 4.39 Å². The fourth-order valence-electron chi connectivity index (χ4n) is 4.74. The van der Waals surface area contributed by atoms with E-state index >= 15 is 0 Å². The summed E-state index contributed by atoms with van der Waals surface area (Å²) in [5, 5.41) is 0.319. The number of rotatable bonds is 2. The third kappa shape index (κ3) is 1.82. The highest BCUT2D eigenvalue weighted by molar-refractivity contribution is 9.10. The molecule has 3 saturated carbocycles. The fraction of sp³-hybridized carbons (Fsp3) is 0.600. The van der Waals surface area contributed by atoms with Gasteiger partial charge in [0.05, 0.1) is 10.4 Å². The molecule has 3 aliphatic carbocycles. The molecule has 19 heavy (non-hydrogen) atoms. The topological polar surface area (TPSA) is 0 Å². The molecule has 4 rings (SSSR count). The van der Waals surface area contributed by atoms with Gasteiger partial charge in [0.25, 0.3) is 0 Å². The van der Waals surface area contributed by atoms with Crippen LogP contribution in [0.25, 0.3) is 0 Å². The maximum absolute atomic E-state index is 14.1. The first-order valence-corrected chi connectivity index (χ1v) is 8.47. The summed E-state index contributed by atoms with van der Waals surface area (Å²) in [6, 6.07) is 3.12. The van der Waals surface area contributed by atoms with E-state index in [2.05, 4.69) is 15.9 Å². The number of benzene rings is 1. The maximum Gasteiger partial charge on any atom is 0.129 e. The molecule has 4 heteroatoms. The molecule has 1 aromatic rings. The monoisotopic (exact) mass is 362 g/mol. The number of halogens is 4. The van der Waals surface area contributed by atoms with E-state index in [1.54, 1.807) is 6.07 Å². The van der Waals surface area contributed by atoms with Crippen molar-refractivity contribution >= 4 is 39.1 Å². The minimum atomic E-state index is -0.242. The largest absolute Gasteiger partial charge is 0.207 e. The maximum atomic E-state index is 14.1. The zero-order valence-electron chi connectivity index (χ0n) is 10.3. The van der Waals surface area contributed by atoms with E-state index in [0.717, 1.165) is 23.7 Å². The predicted octanol–water partition coefficient (Wildman–Crippen LogP) is 5.81. The van der Waals surface area contributed by atoms with Crippen LogP contribution in [0, 0.1) is 35.4 Å². The summed E-state index contributed by atoms with van der Waals surface area (Å²) in [5.74, 6) is 3.45. The van der Waals surface area contributed by atoms with Crippen LogP contribution in [0.4, 0.5) is 4.39 Å². The molecule has 0 radical (unpaired) electrons. The second-order valence-corrected chi connectivity index (χ2v) is 7.99. The second-order valence-electron chi connectivity index (χ2n) is 6.25. The second kappa shape index (κ2) is 4.35. The van der Waals surface area contributed by atoms with Crippen LogP contribution in [-0.4, -0.2) is 0 Å². The van der Waals surface area contributed by atoms with Crippen molar-refractivity contribution in [3.8, 4) is 0 Å². The van der Waals surface area contributed by atoms with Gasteiger partial charge in [-0.1, -0.05) is 11.6 Å². The molecule has 0 N–H and O–H groups in total. The number of hydrogen-bond donors (Lipinski definition) is 0. The molecule has 3 fully saturated rings. The summed E-state index contributed by atoms with van der Waals surface area (Å²) in [4.78, 5) is 0. The van der Waals surface area contributed by atoms with Crippen LogP contribution in [0.15, 0.2) is 16.6 Å². The van der Waals surface area contributed by atoms with Gasteiger partial charge in [-0.25, -0.2) is 4.39 Å². The van der Waals surface area contributed by atoms with Crippen molar-refractivity contribution in [2.75, 3.05) is 0 Å². The van der Waals surface area contributed by atoms with E-state index in [-0.39, 0.29) is 11.2 Å². The van der Waals surface area contributed by atoms with E-state index in [0.29, 0.717) is 21.0 Å². The molecular formula is C15H14BrCl2F. The third-order valence-corrected chi connectivity index (χ3v) is 7.19. The van der Waals surface area contributed by atoms with Gasteiger partial charge in [0, 0.05) is 10.0 Å². The van der Waals surface area contributed by atoms with Crippen molar-refractivity contribution in [1.82, 2.24) is 0 Å². The van der Waals surface area contributed by atoms with E-state index < -0.39 is 0 Å². The van der Waals surface area contributed by atoms with Crippen molar-refractivity contribution in [3.05, 3.63) is 33.0 Å². The van der Waals surface area contributed by atoms with E-state index in [1.165, 1.54) is 25.3 Å². The van der Waals surface area contributed by atoms with Crippen molar-refractivity contribution in [2.45, 2.75) is 24.6 Å². The lowest BCUT2D eigenvalue weighted by molar-refractivity contribution is 0.449. The summed E-state index contributed by atoms with van der Waals surface area (Å²) in [5.41, 5.74) is 0.577. The first kappa shape index (κ1) is 12.9. The number of hydrogen-bond acceptors (Lipinski definition) is 0. The van der Waals surface area contributed by atoms with Crippen molar-refractivity contribution in [2.24, 2.45) is 29.6 Å². The summed E-state index contributed by atoms with van der Waals surface area (Å²) < 4.78 is 14.7. The lowest BCUT2D eigenvalue weighted by atomic mass is 9.96. The van der Waals surface area contributed by atoms with Gasteiger partial charge >= 0.3 is 0 Å². The van der Waals surface area contributed by atoms with Crippen LogP contribution in [-0.2, 0) is 0 Å². The van der Waals surface area contributed by atoms with Crippen LogP contribution in [0.3, 0.4) is 0 Å². The fourth-order valence-corrected chi connectivity index (χ4v) is 5.73. The van der Waals surface area contributed by atoms with Gasteiger partial charge in [0.1, 0.15) is 5.82 Å². The first-order chi connectivity index (χ1) is 9.08. The Labute approximate surface area is 130 Å².